The predicted molar refractivity (Wildman–Crippen MR) is 127 cm³/mol. The smallest absolute Gasteiger partial charge is 0.102 e. The number of benzene rings is 3. The van der Waals surface area contributed by atoms with Gasteiger partial charge in [0.2, 0.25) is 0 Å². The average Bonchev–Trinajstić information content (AvgIpc) is 3.04. The molecule has 0 bridgehead atoms. The molecule has 0 amide bonds. The number of nitrogens with zero attached hydrogens (tertiary/aromatic N) is 3. The predicted octanol–water partition coefficient (Wildman–Crippen LogP) is 7.64. The maximum absolute atomic E-state index is 9.19. The monoisotopic (exact) mass is 465 g/mol. The Kier molecular flexibility index (Phi) is 6.07. The summed E-state index contributed by atoms with van der Waals surface area (Å²) < 4.78 is 2.02. The van der Waals surface area contributed by atoms with E-state index in [2.05, 4.69) is 6.07 Å². The SMILES string of the molecule is Cc1nn(C(c2ccc(Cl)cc2)c2ccc(Cl)cc2)c(C)c1-c1ccc(C#N)c(Cl)c1. The molecule has 0 saturated carbocycles. The highest BCUT2D eigenvalue weighted by atomic mass is 35.5. The molecule has 0 aliphatic heterocycles. The van der Waals surface area contributed by atoms with Crippen molar-refractivity contribution in [2.24, 2.45) is 0 Å². The quantitative estimate of drug-likeness (QED) is 0.310. The molecule has 0 aliphatic rings. The highest BCUT2D eigenvalue weighted by Crippen LogP contribution is 2.35. The summed E-state index contributed by atoms with van der Waals surface area (Å²) in [5, 5.41) is 15.9. The highest BCUT2D eigenvalue weighted by Gasteiger charge is 2.23. The van der Waals surface area contributed by atoms with E-state index < -0.39 is 0 Å². The van der Waals surface area contributed by atoms with E-state index in [0.717, 1.165) is 33.6 Å². The molecule has 0 fully saturated rings. The Morgan fingerprint density at radius 3 is 1.87 bits per heavy atom. The normalized spacial score (nSPS) is 11.0. The van der Waals surface area contributed by atoms with E-state index in [1.165, 1.54) is 0 Å². The van der Waals surface area contributed by atoms with Crippen LogP contribution in [0.4, 0.5) is 0 Å². The van der Waals surface area contributed by atoms with Gasteiger partial charge in [0.25, 0.3) is 0 Å². The maximum Gasteiger partial charge on any atom is 0.102 e. The molecule has 0 radical (unpaired) electrons. The molecule has 0 N–H and O–H groups in total. The van der Waals surface area contributed by atoms with Gasteiger partial charge in [0.15, 0.2) is 0 Å². The molecule has 0 spiro atoms. The van der Waals surface area contributed by atoms with Gasteiger partial charge in [0.1, 0.15) is 12.1 Å². The standard InChI is InChI=1S/C25H18Cl3N3/c1-15-24(19-3-4-20(14-29)23(28)13-19)16(2)31(30-15)25(17-5-9-21(26)10-6-17)18-7-11-22(27)12-8-18/h3-13,25H,1-2H3. The fourth-order valence-corrected chi connectivity index (χ4v) is 4.33. The Morgan fingerprint density at radius 2 is 1.39 bits per heavy atom. The fraction of sp³-hybridized carbons (Fsp3) is 0.120. The van der Waals surface area contributed by atoms with Gasteiger partial charge in [-0.05, 0) is 66.9 Å². The summed E-state index contributed by atoms with van der Waals surface area (Å²) in [6.45, 7) is 4.02. The second-order valence-corrected chi connectivity index (χ2v) is 8.58. The molecule has 0 unspecified atom stereocenters. The van der Waals surface area contributed by atoms with Crippen LogP contribution in [0.15, 0.2) is 66.7 Å². The first-order valence-corrected chi connectivity index (χ1v) is 10.8. The van der Waals surface area contributed by atoms with Gasteiger partial charge in [0, 0.05) is 21.3 Å². The zero-order valence-electron chi connectivity index (χ0n) is 16.9. The molecule has 4 rings (SSSR count). The van der Waals surface area contributed by atoms with Gasteiger partial charge in [-0.15, -0.1) is 0 Å². The first kappa shape index (κ1) is 21.5. The van der Waals surface area contributed by atoms with Crippen molar-refractivity contribution in [1.29, 1.82) is 5.26 Å². The van der Waals surface area contributed by atoms with E-state index in [0.29, 0.717) is 20.6 Å². The van der Waals surface area contributed by atoms with Gasteiger partial charge >= 0.3 is 0 Å². The van der Waals surface area contributed by atoms with Gasteiger partial charge in [-0.3, -0.25) is 4.68 Å². The minimum absolute atomic E-state index is 0.157. The van der Waals surface area contributed by atoms with Crippen LogP contribution in [-0.4, -0.2) is 9.78 Å². The lowest BCUT2D eigenvalue weighted by molar-refractivity contribution is 0.575. The zero-order chi connectivity index (χ0) is 22.1. The Hall–Kier alpha value is -2.77. The van der Waals surface area contributed by atoms with Crippen LogP contribution in [0.5, 0.6) is 0 Å². The van der Waals surface area contributed by atoms with Crippen LogP contribution in [0.3, 0.4) is 0 Å². The van der Waals surface area contributed by atoms with Crippen molar-refractivity contribution in [2.45, 2.75) is 19.9 Å². The van der Waals surface area contributed by atoms with Crippen LogP contribution in [0, 0.1) is 25.2 Å². The number of nitriles is 1. The molecular formula is C25H18Cl3N3. The molecule has 154 valence electrons. The summed E-state index contributed by atoms with van der Waals surface area (Å²) in [6, 6.07) is 23.0. The number of aromatic nitrogens is 2. The molecule has 0 aliphatic carbocycles. The van der Waals surface area contributed by atoms with E-state index in [9.17, 15) is 5.26 Å². The van der Waals surface area contributed by atoms with Gasteiger partial charge in [0.05, 0.1) is 16.3 Å². The summed E-state index contributed by atoms with van der Waals surface area (Å²) in [4.78, 5) is 0. The topological polar surface area (TPSA) is 41.6 Å². The summed E-state index contributed by atoms with van der Waals surface area (Å²) >= 11 is 18.6. The van der Waals surface area contributed by atoms with Gasteiger partial charge < -0.3 is 0 Å². The Morgan fingerprint density at radius 1 is 0.839 bits per heavy atom. The molecular weight excluding hydrogens is 449 g/mol. The molecule has 1 aromatic heterocycles. The van der Waals surface area contributed by atoms with Crippen molar-refractivity contribution in [1.82, 2.24) is 9.78 Å². The van der Waals surface area contributed by atoms with Crippen molar-refractivity contribution in [3.63, 3.8) is 0 Å². The van der Waals surface area contributed by atoms with Gasteiger partial charge in [-0.1, -0.05) is 65.1 Å². The van der Waals surface area contributed by atoms with E-state index in [-0.39, 0.29) is 6.04 Å². The molecule has 0 saturated heterocycles. The van der Waals surface area contributed by atoms with Crippen molar-refractivity contribution in [2.75, 3.05) is 0 Å². The number of hydrogen-bond acceptors (Lipinski definition) is 2. The second-order valence-electron chi connectivity index (χ2n) is 7.30. The summed E-state index contributed by atoms with van der Waals surface area (Å²) in [5.74, 6) is 0. The Labute approximate surface area is 196 Å². The number of halogens is 3. The van der Waals surface area contributed by atoms with Gasteiger partial charge in [-0.2, -0.15) is 10.4 Å². The van der Waals surface area contributed by atoms with Crippen LogP contribution in [-0.2, 0) is 0 Å². The third kappa shape index (κ3) is 4.20. The largest absolute Gasteiger partial charge is 0.257 e. The molecule has 1 heterocycles. The van der Waals surface area contributed by atoms with E-state index in [1.807, 2.05) is 79.2 Å². The third-order valence-corrected chi connectivity index (χ3v) is 6.14. The van der Waals surface area contributed by atoms with Crippen molar-refractivity contribution < 1.29 is 0 Å². The third-order valence-electron chi connectivity index (χ3n) is 5.32. The summed E-state index contributed by atoms with van der Waals surface area (Å²) in [7, 11) is 0. The van der Waals surface area contributed by atoms with Gasteiger partial charge in [-0.25, -0.2) is 0 Å². The molecule has 0 atom stereocenters. The lowest BCUT2D eigenvalue weighted by Crippen LogP contribution is -2.15. The number of hydrogen-bond donors (Lipinski definition) is 0. The van der Waals surface area contributed by atoms with E-state index in [4.69, 9.17) is 39.9 Å². The molecule has 3 nitrogen and oxygen atoms in total. The van der Waals surface area contributed by atoms with Crippen LogP contribution < -0.4 is 0 Å². The summed E-state index contributed by atoms with van der Waals surface area (Å²) in [6.07, 6.45) is 0. The Bertz CT molecular complexity index is 1240. The van der Waals surface area contributed by atoms with Crippen LogP contribution in [0.25, 0.3) is 11.1 Å². The lowest BCUT2D eigenvalue weighted by Gasteiger charge is -2.21. The molecule has 6 heteroatoms. The zero-order valence-corrected chi connectivity index (χ0v) is 19.2. The Balaban J connectivity index is 1.89. The molecule has 31 heavy (non-hydrogen) atoms. The highest BCUT2D eigenvalue weighted by molar-refractivity contribution is 6.32. The van der Waals surface area contributed by atoms with Crippen molar-refractivity contribution in [3.8, 4) is 17.2 Å². The lowest BCUT2D eigenvalue weighted by atomic mass is 9.97. The van der Waals surface area contributed by atoms with Crippen LogP contribution in [0.2, 0.25) is 15.1 Å². The maximum atomic E-state index is 9.19. The average molecular weight is 467 g/mol. The minimum atomic E-state index is -0.157. The molecule has 3 aromatic carbocycles. The molecule has 4 aromatic rings. The first-order valence-electron chi connectivity index (χ1n) is 9.65. The second kappa shape index (κ2) is 8.77. The number of rotatable bonds is 4. The minimum Gasteiger partial charge on any atom is -0.257 e. The summed E-state index contributed by atoms with van der Waals surface area (Å²) in [5.41, 5.74) is 6.37. The van der Waals surface area contributed by atoms with Crippen molar-refractivity contribution >= 4 is 34.8 Å². The fourth-order valence-electron chi connectivity index (χ4n) is 3.86. The number of aryl methyl sites for hydroxylation is 1. The van der Waals surface area contributed by atoms with Crippen molar-refractivity contribution in [3.05, 3.63) is 110 Å². The van der Waals surface area contributed by atoms with E-state index in [1.54, 1.807) is 6.07 Å². The van der Waals surface area contributed by atoms with Crippen LogP contribution >= 0.6 is 34.8 Å². The van der Waals surface area contributed by atoms with E-state index >= 15 is 0 Å². The van der Waals surface area contributed by atoms with Crippen LogP contribution in [0.1, 0.15) is 34.1 Å². The first-order chi connectivity index (χ1) is 14.9.